The van der Waals surface area contributed by atoms with E-state index in [4.69, 9.17) is 4.84 Å². The molecule has 4 nitrogen and oxygen atoms in total. The molecule has 0 radical (unpaired) electrons. The lowest BCUT2D eigenvalue weighted by Crippen LogP contribution is -2.25. The molecule has 1 N–H and O–H groups in total. The van der Waals surface area contributed by atoms with Crippen LogP contribution in [0.25, 0.3) is 0 Å². The maximum Gasteiger partial charge on any atom is 0.277 e. The van der Waals surface area contributed by atoms with Crippen molar-refractivity contribution < 1.29 is 14.7 Å². The van der Waals surface area contributed by atoms with E-state index in [0.717, 1.165) is 16.2 Å². The second-order valence-electron chi connectivity index (χ2n) is 3.72. The molecule has 1 aliphatic rings. The SMILES string of the molecule is Cc1ccc([C@H]2ON(C)C(=O)[C@@H]2O)cc1. The third-order valence-corrected chi connectivity index (χ3v) is 2.53. The molecule has 1 aromatic rings. The number of carbonyl (C=O) groups is 1. The molecule has 1 aliphatic heterocycles. The van der Waals surface area contributed by atoms with Crippen LogP contribution in [0.2, 0.25) is 0 Å². The Bertz CT molecular complexity index is 374. The molecule has 2 atom stereocenters. The Labute approximate surface area is 88.0 Å². The van der Waals surface area contributed by atoms with Crippen molar-refractivity contribution in [3.63, 3.8) is 0 Å². The van der Waals surface area contributed by atoms with Crippen LogP contribution in [-0.4, -0.2) is 29.2 Å². The molecule has 0 unspecified atom stereocenters. The van der Waals surface area contributed by atoms with E-state index in [1.807, 2.05) is 31.2 Å². The first-order valence-corrected chi connectivity index (χ1v) is 4.78. The largest absolute Gasteiger partial charge is 0.380 e. The molecule has 0 aromatic heterocycles. The number of hydrogen-bond donors (Lipinski definition) is 1. The van der Waals surface area contributed by atoms with Crippen molar-refractivity contribution in [1.82, 2.24) is 5.06 Å². The van der Waals surface area contributed by atoms with Gasteiger partial charge in [0.2, 0.25) is 0 Å². The summed E-state index contributed by atoms with van der Waals surface area (Å²) in [5, 5.41) is 10.7. The number of benzene rings is 1. The molecule has 15 heavy (non-hydrogen) atoms. The van der Waals surface area contributed by atoms with E-state index in [-0.39, 0.29) is 0 Å². The Hall–Kier alpha value is -1.39. The Kier molecular flexibility index (Phi) is 2.46. The van der Waals surface area contributed by atoms with Crippen LogP contribution in [0.15, 0.2) is 24.3 Å². The van der Waals surface area contributed by atoms with E-state index >= 15 is 0 Å². The van der Waals surface area contributed by atoms with Gasteiger partial charge in [0.05, 0.1) is 0 Å². The predicted octanol–water partition coefficient (Wildman–Crippen LogP) is 0.801. The number of hydroxylamine groups is 2. The van der Waals surface area contributed by atoms with Crippen LogP contribution >= 0.6 is 0 Å². The van der Waals surface area contributed by atoms with Crippen LogP contribution in [0.5, 0.6) is 0 Å². The molecule has 2 rings (SSSR count). The topological polar surface area (TPSA) is 49.8 Å². The molecule has 1 amide bonds. The van der Waals surface area contributed by atoms with Crippen LogP contribution < -0.4 is 0 Å². The first kappa shape index (κ1) is 10.1. The number of likely N-dealkylation sites (N-methyl/N-ethyl adjacent to an activating group) is 1. The van der Waals surface area contributed by atoms with E-state index in [2.05, 4.69) is 0 Å². The number of aryl methyl sites for hydroxylation is 1. The average molecular weight is 207 g/mol. The summed E-state index contributed by atoms with van der Waals surface area (Å²) in [6.07, 6.45) is -1.68. The minimum absolute atomic E-state index is 0.402. The molecule has 80 valence electrons. The van der Waals surface area contributed by atoms with Gasteiger partial charge in [0.15, 0.2) is 6.10 Å². The van der Waals surface area contributed by atoms with Gasteiger partial charge in [-0.1, -0.05) is 29.8 Å². The fourth-order valence-electron chi connectivity index (χ4n) is 1.59. The normalized spacial score (nSPS) is 26.1. The molecule has 0 spiro atoms. The van der Waals surface area contributed by atoms with E-state index in [0.29, 0.717) is 0 Å². The number of carbonyl (C=O) groups excluding carboxylic acids is 1. The van der Waals surface area contributed by atoms with Gasteiger partial charge in [-0.3, -0.25) is 9.63 Å². The average Bonchev–Trinajstić information content (AvgIpc) is 2.47. The van der Waals surface area contributed by atoms with Gasteiger partial charge >= 0.3 is 0 Å². The van der Waals surface area contributed by atoms with Crippen LogP contribution in [0, 0.1) is 6.92 Å². The summed E-state index contributed by atoms with van der Waals surface area (Å²) in [5.41, 5.74) is 1.94. The van der Waals surface area contributed by atoms with Crippen molar-refractivity contribution in [2.75, 3.05) is 7.05 Å². The van der Waals surface area contributed by atoms with Crippen molar-refractivity contribution in [3.05, 3.63) is 35.4 Å². The molecule has 1 saturated heterocycles. The minimum Gasteiger partial charge on any atom is -0.380 e. The summed E-state index contributed by atoms with van der Waals surface area (Å²) in [4.78, 5) is 16.6. The summed E-state index contributed by atoms with van der Waals surface area (Å²) < 4.78 is 0. The Morgan fingerprint density at radius 1 is 1.33 bits per heavy atom. The van der Waals surface area contributed by atoms with Gasteiger partial charge in [0.1, 0.15) is 6.10 Å². The molecule has 1 fully saturated rings. The summed E-state index contributed by atoms with van der Waals surface area (Å²) in [6, 6.07) is 7.56. The summed E-state index contributed by atoms with van der Waals surface area (Å²) >= 11 is 0. The maximum absolute atomic E-state index is 11.3. The highest BCUT2D eigenvalue weighted by Crippen LogP contribution is 2.29. The third kappa shape index (κ3) is 1.73. The van der Waals surface area contributed by atoms with Gasteiger partial charge in [-0.2, -0.15) is 0 Å². The zero-order chi connectivity index (χ0) is 11.0. The zero-order valence-electron chi connectivity index (χ0n) is 8.68. The van der Waals surface area contributed by atoms with E-state index in [1.54, 1.807) is 0 Å². The fourth-order valence-corrected chi connectivity index (χ4v) is 1.59. The van der Waals surface area contributed by atoms with Crippen molar-refractivity contribution in [2.24, 2.45) is 0 Å². The minimum atomic E-state index is -1.10. The number of aliphatic hydroxyl groups is 1. The van der Waals surface area contributed by atoms with Crippen molar-refractivity contribution in [3.8, 4) is 0 Å². The van der Waals surface area contributed by atoms with Crippen molar-refractivity contribution in [1.29, 1.82) is 0 Å². The molecule has 4 heteroatoms. The molecule has 0 aliphatic carbocycles. The fraction of sp³-hybridized carbons (Fsp3) is 0.364. The van der Waals surface area contributed by atoms with Gasteiger partial charge in [-0.05, 0) is 12.5 Å². The van der Waals surface area contributed by atoms with Crippen LogP contribution in [0.3, 0.4) is 0 Å². The lowest BCUT2D eigenvalue weighted by Gasteiger charge is -2.12. The van der Waals surface area contributed by atoms with E-state index in [1.165, 1.54) is 7.05 Å². The first-order chi connectivity index (χ1) is 7.09. The second kappa shape index (κ2) is 3.64. The predicted molar refractivity (Wildman–Crippen MR) is 53.8 cm³/mol. The third-order valence-electron chi connectivity index (χ3n) is 2.53. The smallest absolute Gasteiger partial charge is 0.277 e. The highest BCUT2D eigenvalue weighted by molar-refractivity contribution is 5.81. The molecule has 1 heterocycles. The summed E-state index contributed by atoms with van der Waals surface area (Å²) in [6.45, 7) is 1.98. The Morgan fingerprint density at radius 2 is 1.93 bits per heavy atom. The number of amides is 1. The number of rotatable bonds is 1. The van der Waals surface area contributed by atoms with Crippen molar-refractivity contribution >= 4 is 5.91 Å². The quantitative estimate of drug-likeness (QED) is 0.741. The van der Waals surface area contributed by atoms with Gasteiger partial charge < -0.3 is 5.11 Å². The zero-order valence-corrected chi connectivity index (χ0v) is 8.68. The standard InChI is InChI=1S/C11H13NO3/c1-7-3-5-8(6-4-7)10-9(13)11(14)12(2)15-10/h3-6,9-10,13H,1-2H3/t9-,10-/m1/s1. The lowest BCUT2D eigenvalue weighted by molar-refractivity contribution is -0.164. The number of aliphatic hydroxyl groups excluding tert-OH is 1. The van der Waals surface area contributed by atoms with E-state index < -0.39 is 18.1 Å². The highest BCUT2D eigenvalue weighted by Gasteiger charge is 2.39. The first-order valence-electron chi connectivity index (χ1n) is 4.78. The summed E-state index contributed by atoms with van der Waals surface area (Å²) in [7, 11) is 1.50. The van der Waals surface area contributed by atoms with Crippen molar-refractivity contribution in [2.45, 2.75) is 19.1 Å². The van der Waals surface area contributed by atoms with Crippen LogP contribution in [0.1, 0.15) is 17.2 Å². The van der Waals surface area contributed by atoms with E-state index in [9.17, 15) is 9.90 Å². The number of nitrogens with zero attached hydrogens (tertiary/aromatic N) is 1. The summed E-state index contributed by atoms with van der Waals surface area (Å²) in [5.74, 6) is -0.402. The number of hydrogen-bond acceptors (Lipinski definition) is 3. The Morgan fingerprint density at radius 3 is 2.40 bits per heavy atom. The molecule has 0 saturated carbocycles. The second-order valence-corrected chi connectivity index (χ2v) is 3.72. The van der Waals surface area contributed by atoms with Gasteiger partial charge in [-0.25, -0.2) is 5.06 Å². The van der Waals surface area contributed by atoms with Gasteiger partial charge in [-0.15, -0.1) is 0 Å². The molecule has 1 aromatic carbocycles. The maximum atomic E-state index is 11.3. The molecule has 0 bridgehead atoms. The Balaban J connectivity index is 2.25. The van der Waals surface area contributed by atoms with Crippen LogP contribution in [-0.2, 0) is 9.63 Å². The molecular formula is C11H13NO3. The van der Waals surface area contributed by atoms with Crippen LogP contribution in [0.4, 0.5) is 0 Å². The van der Waals surface area contributed by atoms with Gasteiger partial charge in [0.25, 0.3) is 5.91 Å². The highest BCUT2D eigenvalue weighted by atomic mass is 16.7. The molecular weight excluding hydrogens is 194 g/mol. The lowest BCUT2D eigenvalue weighted by atomic mass is 10.0. The van der Waals surface area contributed by atoms with Gasteiger partial charge in [0, 0.05) is 7.05 Å². The monoisotopic (exact) mass is 207 g/mol.